The molecule has 0 aliphatic carbocycles. The number of carbonyl (C=O) groups is 3. The van der Waals surface area contributed by atoms with E-state index in [9.17, 15) is 14.4 Å². The fourth-order valence-corrected chi connectivity index (χ4v) is 2.09. The summed E-state index contributed by atoms with van der Waals surface area (Å²) in [6.45, 7) is 10.6. The normalized spacial score (nSPS) is 12.7. The van der Waals surface area contributed by atoms with Crippen LogP contribution in [0.15, 0.2) is 36.9 Å². The molecule has 0 aliphatic rings. The highest BCUT2D eigenvalue weighted by Crippen LogP contribution is 2.09. The van der Waals surface area contributed by atoms with Gasteiger partial charge in [-0.25, -0.2) is 4.79 Å². The zero-order chi connectivity index (χ0) is 19.7. The average Bonchev–Trinajstić information content (AvgIpc) is 2.59. The number of nitrogens with one attached hydrogen (secondary N) is 3. The third kappa shape index (κ3) is 6.96. The van der Waals surface area contributed by atoms with Gasteiger partial charge >= 0.3 is 6.09 Å². The van der Waals surface area contributed by atoms with Gasteiger partial charge in [0.15, 0.2) is 0 Å². The second-order valence-corrected chi connectivity index (χ2v) is 6.34. The van der Waals surface area contributed by atoms with Gasteiger partial charge in [0.2, 0.25) is 11.8 Å². The molecule has 0 saturated carbocycles. The van der Waals surface area contributed by atoms with Gasteiger partial charge in [-0.3, -0.25) is 9.59 Å². The van der Waals surface area contributed by atoms with Gasteiger partial charge in [-0.15, -0.1) is 0 Å². The molecule has 142 valence electrons. The molecule has 0 aliphatic heterocycles. The van der Waals surface area contributed by atoms with E-state index in [0.717, 1.165) is 5.56 Å². The van der Waals surface area contributed by atoms with Crippen LogP contribution in [0.5, 0.6) is 0 Å². The maximum absolute atomic E-state index is 12.4. The lowest BCUT2D eigenvalue weighted by atomic mass is 10.0. The summed E-state index contributed by atoms with van der Waals surface area (Å²) in [5.74, 6) is -0.986. The molecule has 1 aromatic carbocycles. The van der Waals surface area contributed by atoms with Crippen LogP contribution in [0.3, 0.4) is 0 Å². The number of anilines is 1. The van der Waals surface area contributed by atoms with Crippen LogP contribution < -0.4 is 16.0 Å². The smallest absolute Gasteiger partial charge is 0.408 e. The van der Waals surface area contributed by atoms with Crippen LogP contribution in [0, 0.1) is 12.8 Å². The fraction of sp³-hybridized carbons (Fsp3) is 0.421. The van der Waals surface area contributed by atoms with Gasteiger partial charge in [-0.1, -0.05) is 44.2 Å². The number of alkyl carbamates (subject to hydrolysis) is 1. The van der Waals surface area contributed by atoms with Crippen molar-refractivity contribution in [1.29, 1.82) is 0 Å². The Morgan fingerprint density at radius 2 is 1.69 bits per heavy atom. The molecule has 3 amide bonds. The molecule has 0 heterocycles. The number of amides is 3. The first-order valence-electron chi connectivity index (χ1n) is 8.46. The largest absolute Gasteiger partial charge is 0.445 e. The highest BCUT2D eigenvalue weighted by atomic mass is 16.5. The highest BCUT2D eigenvalue weighted by molar-refractivity contribution is 5.98. The highest BCUT2D eigenvalue weighted by Gasteiger charge is 2.27. The van der Waals surface area contributed by atoms with E-state index in [1.807, 2.05) is 19.1 Å². The number of carbonyl (C=O) groups excluding carboxylic acids is 3. The zero-order valence-corrected chi connectivity index (χ0v) is 15.7. The number of hydrogen-bond donors (Lipinski definition) is 3. The van der Waals surface area contributed by atoms with Crippen molar-refractivity contribution in [2.45, 2.75) is 39.8 Å². The molecule has 0 unspecified atom stereocenters. The monoisotopic (exact) mass is 361 g/mol. The summed E-state index contributed by atoms with van der Waals surface area (Å²) in [6.07, 6.45) is 0.720. The molecular weight excluding hydrogens is 334 g/mol. The molecule has 0 saturated heterocycles. The lowest BCUT2D eigenvalue weighted by Crippen LogP contribution is -2.53. The Labute approximate surface area is 154 Å². The van der Waals surface area contributed by atoms with Gasteiger partial charge in [-0.05, 0) is 31.9 Å². The van der Waals surface area contributed by atoms with Crippen molar-refractivity contribution in [1.82, 2.24) is 10.6 Å². The molecule has 1 aromatic rings. The molecule has 7 heteroatoms. The molecule has 26 heavy (non-hydrogen) atoms. The van der Waals surface area contributed by atoms with Gasteiger partial charge in [0.05, 0.1) is 0 Å². The van der Waals surface area contributed by atoms with Gasteiger partial charge in [0.1, 0.15) is 18.7 Å². The number of benzene rings is 1. The van der Waals surface area contributed by atoms with Crippen LogP contribution in [0.1, 0.15) is 26.3 Å². The van der Waals surface area contributed by atoms with Gasteiger partial charge in [0.25, 0.3) is 0 Å². The zero-order valence-electron chi connectivity index (χ0n) is 15.7. The second-order valence-electron chi connectivity index (χ2n) is 6.34. The van der Waals surface area contributed by atoms with Crippen LogP contribution in [-0.4, -0.2) is 36.6 Å². The molecule has 0 fully saturated rings. The second kappa shape index (κ2) is 10.2. The van der Waals surface area contributed by atoms with Crippen molar-refractivity contribution in [3.63, 3.8) is 0 Å². The summed E-state index contributed by atoms with van der Waals surface area (Å²) in [5, 5.41) is 7.85. The van der Waals surface area contributed by atoms with Crippen LogP contribution in [0.4, 0.5) is 10.5 Å². The topological polar surface area (TPSA) is 96.5 Å². The van der Waals surface area contributed by atoms with Gasteiger partial charge < -0.3 is 20.7 Å². The third-order valence-electron chi connectivity index (χ3n) is 3.63. The minimum absolute atomic E-state index is 0.0492. The van der Waals surface area contributed by atoms with E-state index >= 15 is 0 Å². The van der Waals surface area contributed by atoms with Crippen LogP contribution >= 0.6 is 0 Å². The van der Waals surface area contributed by atoms with E-state index < -0.39 is 24.1 Å². The Bertz CT molecular complexity index is 641. The predicted molar refractivity (Wildman–Crippen MR) is 101 cm³/mol. The molecule has 7 nitrogen and oxygen atoms in total. The van der Waals surface area contributed by atoms with Gasteiger partial charge in [-0.2, -0.15) is 0 Å². The van der Waals surface area contributed by atoms with Crippen molar-refractivity contribution in [3.8, 4) is 0 Å². The Balaban J connectivity index is 2.63. The first-order chi connectivity index (χ1) is 12.2. The summed E-state index contributed by atoms with van der Waals surface area (Å²) in [5.41, 5.74) is 1.73. The summed E-state index contributed by atoms with van der Waals surface area (Å²) < 4.78 is 4.84. The fourth-order valence-electron chi connectivity index (χ4n) is 2.09. The van der Waals surface area contributed by atoms with E-state index in [2.05, 4.69) is 22.5 Å². The summed E-state index contributed by atoms with van der Waals surface area (Å²) >= 11 is 0. The maximum atomic E-state index is 12.4. The molecule has 0 bridgehead atoms. The number of ether oxygens (including phenoxy) is 1. The molecular formula is C19H27N3O4. The van der Waals surface area contributed by atoms with E-state index in [4.69, 9.17) is 4.74 Å². The summed E-state index contributed by atoms with van der Waals surface area (Å²) in [6, 6.07) is 5.75. The first-order valence-corrected chi connectivity index (χ1v) is 8.46. The SMILES string of the molecule is C=CCOC(=O)N[C@H](C(=O)N[C@@H](C)C(=O)Nc1ccc(C)cc1)C(C)C. The molecule has 2 atom stereocenters. The summed E-state index contributed by atoms with van der Waals surface area (Å²) in [7, 11) is 0. The van der Waals surface area contributed by atoms with E-state index in [1.165, 1.54) is 6.08 Å². The number of hydrogen-bond acceptors (Lipinski definition) is 4. The Morgan fingerprint density at radius 1 is 1.08 bits per heavy atom. The number of aryl methyl sites for hydroxylation is 1. The van der Waals surface area contributed by atoms with Gasteiger partial charge in [0, 0.05) is 5.69 Å². The van der Waals surface area contributed by atoms with E-state index in [1.54, 1.807) is 32.9 Å². The predicted octanol–water partition coefficient (Wildman–Crippen LogP) is 2.38. The Kier molecular flexibility index (Phi) is 8.34. The van der Waals surface area contributed by atoms with Crippen molar-refractivity contribution < 1.29 is 19.1 Å². The molecule has 1 rings (SSSR count). The molecule has 0 radical (unpaired) electrons. The van der Waals surface area contributed by atoms with E-state index in [-0.39, 0.29) is 18.4 Å². The Morgan fingerprint density at radius 3 is 2.23 bits per heavy atom. The minimum Gasteiger partial charge on any atom is -0.445 e. The Hall–Kier alpha value is -2.83. The van der Waals surface area contributed by atoms with Crippen molar-refractivity contribution in [2.24, 2.45) is 5.92 Å². The van der Waals surface area contributed by atoms with Crippen molar-refractivity contribution >= 4 is 23.6 Å². The van der Waals surface area contributed by atoms with Crippen molar-refractivity contribution in [3.05, 3.63) is 42.5 Å². The van der Waals surface area contributed by atoms with Crippen LogP contribution in [0.2, 0.25) is 0 Å². The average molecular weight is 361 g/mol. The number of rotatable bonds is 8. The molecule has 0 aromatic heterocycles. The molecule has 0 spiro atoms. The lowest BCUT2D eigenvalue weighted by Gasteiger charge is -2.23. The third-order valence-corrected chi connectivity index (χ3v) is 3.63. The van der Waals surface area contributed by atoms with Crippen molar-refractivity contribution in [2.75, 3.05) is 11.9 Å². The molecule has 3 N–H and O–H groups in total. The maximum Gasteiger partial charge on any atom is 0.408 e. The van der Waals surface area contributed by atoms with Crippen LogP contribution in [-0.2, 0) is 14.3 Å². The van der Waals surface area contributed by atoms with E-state index in [0.29, 0.717) is 5.69 Å². The lowest BCUT2D eigenvalue weighted by molar-refractivity contribution is -0.128. The quantitative estimate of drug-likeness (QED) is 0.619. The standard InChI is InChI=1S/C19H27N3O4/c1-6-11-26-19(25)22-16(12(2)3)18(24)20-14(5)17(23)21-15-9-7-13(4)8-10-15/h6-10,12,14,16H,1,11H2,2-5H3,(H,20,24)(H,21,23)(H,22,25)/t14-,16-/m0/s1. The van der Waals surface area contributed by atoms with Crippen LogP contribution in [0.25, 0.3) is 0 Å². The minimum atomic E-state index is -0.818. The summed E-state index contributed by atoms with van der Waals surface area (Å²) in [4.78, 5) is 36.3. The first kappa shape index (κ1) is 21.2.